The summed E-state index contributed by atoms with van der Waals surface area (Å²) in [7, 11) is 0. The minimum atomic E-state index is -1.31. The Kier molecular flexibility index (Phi) is 2.10. The Balaban J connectivity index is 2.97. The molecule has 0 aromatic heterocycles. The van der Waals surface area contributed by atoms with Gasteiger partial charge < -0.3 is 0 Å². The lowest BCUT2D eigenvalue weighted by molar-refractivity contribution is 0.302. The molecule has 1 fully saturated rings. The Morgan fingerprint density at radius 1 is 0.929 bits per heavy atom. The smallest absolute Gasteiger partial charge is 0.182 e. The first-order valence-corrected chi connectivity index (χ1v) is 5.19. The molecule has 1 aliphatic rings. The van der Waals surface area contributed by atoms with E-state index in [1.54, 1.807) is 0 Å². The molecule has 0 amide bonds. The Labute approximate surface area is 87.3 Å². The van der Waals surface area contributed by atoms with Gasteiger partial charge in [0.2, 0.25) is 0 Å². The van der Waals surface area contributed by atoms with Gasteiger partial charge in [-0.15, -0.1) is 0 Å². The van der Waals surface area contributed by atoms with Gasteiger partial charge in [-0.25, -0.2) is 4.39 Å². The van der Waals surface area contributed by atoms with Crippen molar-refractivity contribution in [1.29, 1.82) is 0 Å². The van der Waals surface area contributed by atoms with Gasteiger partial charge in [-0.05, 0) is 20.8 Å². The minimum Gasteiger partial charge on any atom is -0.228 e. The van der Waals surface area contributed by atoms with E-state index >= 15 is 0 Å². The Morgan fingerprint density at radius 3 is 1.50 bits per heavy atom. The zero-order valence-electron chi connectivity index (χ0n) is 10.4. The quantitative estimate of drug-likeness (QED) is 0.517. The van der Waals surface area contributed by atoms with Gasteiger partial charge in [0.25, 0.3) is 0 Å². The molecule has 0 bridgehead atoms. The molecular weight excluding hydrogens is 175 g/mol. The molecule has 0 radical (unpaired) electrons. The van der Waals surface area contributed by atoms with Crippen molar-refractivity contribution in [2.24, 2.45) is 16.2 Å². The van der Waals surface area contributed by atoms with Crippen molar-refractivity contribution in [2.45, 2.75) is 54.1 Å². The summed E-state index contributed by atoms with van der Waals surface area (Å²) in [5, 5.41) is 0. The SMILES string of the molecule is CC(C)(C)C#CC1(F)C(C)(C)C1(C)C. The van der Waals surface area contributed by atoms with Crippen molar-refractivity contribution in [2.75, 3.05) is 0 Å². The number of halogens is 1. The third kappa shape index (κ3) is 1.28. The molecule has 0 aromatic carbocycles. The molecule has 0 atom stereocenters. The summed E-state index contributed by atoms with van der Waals surface area (Å²) >= 11 is 0. The van der Waals surface area contributed by atoms with E-state index in [4.69, 9.17) is 0 Å². The van der Waals surface area contributed by atoms with Crippen molar-refractivity contribution < 1.29 is 4.39 Å². The molecule has 1 saturated carbocycles. The molecular formula is C13H21F. The third-order valence-corrected chi connectivity index (χ3v) is 3.83. The van der Waals surface area contributed by atoms with E-state index in [1.165, 1.54) is 0 Å². The second kappa shape index (κ2) is 2.54. The molecule has 80 valence electrons. The maximum absolute atomic E-state index is 14.4. The van der Waals surface area contributed by atoms with Crippen molar-refractivity contribution in [3.8, 4) is 11.8 Å². The number of rotatable bonds is 0. The van der Waals surface area contributed by atoms with Crippen molar-refractivity contribution in [1.82, 2.24) is 0 Å². The fourth-order valence-electron chi connectivity index (χ4n) is 1.83. The van der Waals surface area contributed by atoms with Crippen LogP contribution in [-0.2, 0) is 0 Å². The van der Waals surface area contributed by atoms with Gasteiger partial charge in [-0.2, -0.15) is 0 Å². The van der Waals surface area contributed by atoms with Crippen LogP contribution >= 0.6 is 0 Å². The van der Waals surface area contributed by atoms with Gasteiger partial charge in [0.15, 0.2) is 5.67 Å². The fourth-order valence-corrected chi connectivity index (χ4v) is 1.83. The lowest BCUT2D eigenvalue weighted by Crippen LogP contribution is -2.10. The largest absolute Gasteiger partial charge is 0.228 e. The van der Waals surface area contributed by atoms with Gasteiger partial charge in [-0.3, -0.25) is 0 Å². The van der Waals surface area contributed by atoms with E-state index in [9.17, 15) is 4.39 Å². The molecule has 0 aliphatic heterocycles. The Morgan fingerprint density at radius 2 is 1.29 bits per heavy atom. The molecule has 0 spiro atoms. The van der Waals surface area contributed by atoms with E-state index in [0.717, 1.165) is 0 Å². The first-order chi connectivity index (χ1) is 5.96. The number of alkyl halides is 1. The zero-order valence-corrected chi connectivity index (χ0v) is 10.4. The highest BCUT2D eigenvalue weighted by Gasteiger charge is 2.78. The third-order valence-electron chi connectivity index (χ3n) is 3.83. The van der Waals surface area contributed by atoms with Crippen molar-refractivity contribution in [3.63, 3.8) is 0 Å². The highest BCUT2D eigenvalue weighted by Crippen LogP contribution is 2.73. The van der Waals surface area contributed by atoms with Gasteiger partial charge in [-0.1, -0.05) is 39.5 Å². The summed E-state index contributed by atoms with van der Waals surface area (Å²) in [5.41, 5.74) is -2.07. The monoisotopic (exact) mass is 196 g/mol. The van der Waals surface area contributed by atoms with Crippen molar-refractivity contribution >= 4 is 0 Å². The molecule has 0 heterocycles. The summed E-state index contributed by atoms with van der Waals surface area (Å²) < 4.78 is 14.4. The number of hydrogen-bond donors (Lipinski definition) is 0. The molecule has 0 saturated heterocycles. The first-order valence-electron chi connectivity index (χ1n) is 5.19. The van der Waals surface area contributed by atoms with Crippen molar-refractivity contribution in [3.05, 3.63) is 0 Å². The van der Waals surface area contributed by atoms with Crippen LogP contribution in [0.25, 0.3) is 0 Å². The normalized spacial score (nSPS) is 26.3. The Hall–Kier alpha value is -0.510. The van der Waals surface area contributed by atoms with E-state index in [1.807, 2.05) is 48.5 Å². The highest BCUT2D eigenvalue weighted by molar-refractivity contribution is 5.40. The van der Waals surface area contributed by atoms with Gasteiger partial charge in [0.05, 0.1) is 0 Å². The van der Waals surface area contributed by atoms with E-state index in [-0.39, 0.29) is 16.2 Å². The lowest BCUT2D eigenvalue weighted by Gasteiger charge is -2.09. The second-order valence-corrected chi connectivity index (χ2v) is 6.41. The average Bonchev–Trinajstić information content (AvgIpc) is 2.25. The molecule has 0 unspecified atom stereocenters. The molecule has 1 heteroatoms. The van der Waals surface area contributed by atoms with E-state index < -0.39 is 5.67 Å². The van der Waals surface area contributed by atoms with Crippen LogP contribution in [0.5, 0.6) is 0 Å². The molecule has 0 nitrogen and oxygen atoms in total. The van der Waals surface area contributed by atoms with Gasteiger partial charge in [0.1, 0.15) is 0 Å². The minimum absolute atomic E-state index is 0.117. The van der Waals surface area contributed by atoms with Crippen LogP contribution in [-0.4, -0.2) is 5.67 Å². The maximum Gasteiger partial charge on any atom is 0.182 e. The van der Waals surface area contributed by atoms with Gasteiger partial charge in [0, 0.05) is 16.2 Å². The predicted molar refractivity (Wildman–Crippen MR) is 58.6 cm³/mol. The summed E-state index contributed by atoms with van der Waals surface area (Å²) in [6, 6.07) is 0. The summed E-state index contributed by atoms with van der Waals surface area (Å²) in [5.74, 6) is 5.85. The van der Waals surface area contributed by atoms with Crippen LogP contribution in [0, 0.1) is 28.1 Å². The number of hydrogen-bond acceptors (Lipinski definition) is 0. The second-order valence-electron chi connectivity index (χ2n) is 6.41. The fraction of sp³-hybridized carbons (Fsp3) is 0.846. The lowest BCUT2D eigenvalue weighted by atomic mass is 9.97. The van der Waals surface area contributed by atoms with Crippen LogP contribution in [0.3, 0.4) is 0 Å². The zero-order chi connectivity index (χ0) is 11.4. The summed E-state index contributed by atoms with van der Waals surface area (Å²) in [4.78, 5) is 0. The molecule has 0 N–H and O–H groups in total. The van der Waals surface area contributed by atoms with Crippen LogP contribution in [0.4, 0.5) is 4.39 Å². The van der Waals surface area contributed by atoms with E-state index in [0.29, 0.717) is 0 Å². The standard InChI is InChI=1S/C13H21F/c1-10(2,3)8-9-13(14)11(4,5)12(13,6)7/h1-7H3. The topological polar surface area (TPSA) is 0 Å². The molecule has 0 aromatic rings. The molecule has 14 heavy (non-hydrogen) atoms. The average molecular weight is 196 g/mol. The maximum atomic E-state index is 14.4. The summed E-state index contributed by atoms with van der Waals surface area (Å²) in [6.45, 7) is 13.8. The van der Waals surface area contributed by atoms with Crippen LogP contribution in [0.2, 0.25) is 0 Å². The first kappa shape index (κ1) is 11.6. The van der Waals surface area contributed by atoms with Crippen LogP contribution in [0.15, 0.2) is 0 Å². The Bertz CT molecular complexity index is 290. The van der Waals surface area contributed by atoms with Crippen LogP contribution in [0.1, 0.15) is 48.5 Å². The molecule has 1 aliphatic carbocycles. The predicted octanol–water partition coefficient (Wildman–Crippen LogP) is 3.81. The molecule has 1 rings (SSSR count). The summed E-state index contributed by atoms with van der Waals surface area (Å²) in [6.07, 6.45) is 0. The highest BCUT2D eigenvalue weighted by atomic mass is 19.1. The van der Waals surface area contributed by atoms with Crippen LogP contribution < -0.4 is 0 Å². The van der Waals surface area contributed by atoms with Gasteiger partial charge >= 0.3 is 0 Å². The van der Waals surface area contributed by atoms with E-state index in [2.05, 4.69) is 11.8 Å².